The van der Waals surface area contributed by atoms with Crippen LogP contribution in [0.5, 0.6) is 5.75 Å². The van der Waals surface area contributed by atoms with Gasteiger partial charge in [-0.25, -0.2) is 4.98 Å². The highest BCUT2D eigenvalue weighted by Crippen LogP contribution is 2.30. The number of rotatable bonds is 4. The standard InChI is InChI=1S/C15H15N3O2/c1-16-9-14-18-15-13(20-14)7-10(8-17-15)11-5-3-4-6-12(11)19-2/h3-8,16H,9H2,1-2H3. The fourth-order valence-electron chi connectivity index (χ4n) is 2.12. The Bertz CT molecular complexity index is 737. The molecule has 0 bridgehead atoms. The third-order valence-corrected chi connectivity index (χ3v) is 3.04. The molecule has 0 aliphatic rings. The van der Waals surface area contributed by atoms with Crippen LogP contribution in [0.25, 0.3) is 22.4 Å². The zero-order valence-corrected chi connectivity index (χ0v) is 11.4. The van der Waals surface area contributed by atoms with Crippen molar-refractivity contribution < 1.29 is 9.15 Å². The number of pyridine rings is 1. The fourth-order valence-corrected chi connectivity index (χ4v) is 2.12. The van der Waals surface area contributed by atoms with Crippen molar-refractivity contribution in [2.45, 2.75) is 6.54 Å². The van der Waals surface area contributed by atoms with E-state index in [9.17, 15) is 0 Å². The van der Waals surface area contributed by atoms with Crippen LogP contribution in [-0.2, 0) is 6.54 Å². The Labute approximate surface area is 116 Å². The molecule has 0 aliphatic heterocycles. The van der Waals surface area contributed by atoms with Crippen LogP contribution in [-0.4, -0.2) is 24.1 Å². The first kappa shape index (κ1) is 12.6. The van der Waals surface area contributed by atoms with Gasteiger partial charge >= 0.3 is 0 Å². The van der Waals surface area contributed by atoms with Crippen molar-refractivity contribution in [2.24, 2.45) is 0 Å². The van der Waals surface area contributed by atoms with E-state index >= 15 is 0 Å². The minimum atomic E-state index is 0.584. The first-order valence-corrected chi connectivity index (χ1v) is 6.35. The summed E-state index contributed by atoms with van der Waals surface area (Å²) in [4.78, 5) is 8.66. The predicted octanol–water partition coefficient (Wildman–Crippen LogP) is 2.62. The summed E-state index contributed by atoms with van der Waals surface area (Å²) in [6.45, 7) is 0.584. The average Bonchev–Trinajstić information content (AvgIpc) is 2.89. The largest absolute Gasteiger partial charge is 0.496 e. The van der Waals surface area contributed by atoms with E-state index in [1.165, 1.54) is 0 Å². The van der Waals surface area contributed by atoms with Crippen LogP contribution in [0.2, 0.25) is 0 Å². The second-order valence-electron chi connectivity index (χ2n) is 4.38. The molecule has 5 nitrogen and oxygen atoms in total. The Hall–Kier alpha value is -2.40. The van der Waals surface area contributed by atoms with Gasteiger partial charge in [0.05, 0.1) is 13.7 Å². The number of aromatic nitrogens is 2. The van der Waals surface area contributed by atoms with Gasteiger partial charge < -0.3 is 14.5 Å². The molecule has 0 aliphatic carbocycles. The quantitative estimate of drug-likeness (QED) is 0.789. The molecule has 102 valence electrons. The molecule has 0 spiro atoms. The Kier molecular flexibility index (Phi) is 3.35. The van der Waals surface area contributed by atoms with Gasteiger partial charge in [0.1, 0.15) is 5.75 Å². The Morgan fingerprint density at radius 3 is 2.95 bits per heavy atom. The van der Waals surface area contributed by atoms with Crippen LogP contribution < -0.4 is 10.1 Å². The van der Waals surface area contributed by atoms with Crippen molar-refractivity contribution in [3.05, 3.63) is 42.4 Å². The van der Waals surface area contributed by atoms with Crippen molar-refractivity contribution in [3.8, 4) is 16.9 Å². The maximum absolute atomic E-state index is 5.67. The van der Waals surface area contributed by atoms with Crippen molar-refractivity contribution in [1.29, 1.82) is 0 Å². The second kappa shape index (κ2) is 5.30. The summed E-state index contributed by atoms with van der Waals surface area (Å²) >= 11 is 0. The number of ether oxygens (including phenoxy) is 1. The lowest BCUT2D eigenvalue weighted by atomic mass is 10.1. The van der Waals surface area contributed by atoms with Crippen molar-refractivity contribution >= 4 is 11.2 Å². The number of methoxy groups -OCH3 is 1. The van der Waals surface area contributed by atoms with E-state index in [1.807, 2.05) is 37.4 Å². The molecule has 0 fully saturated rings. The maximum atomic E-state index is 5.67. The van der Waals surface area contributed by atoms with Crippen LogP contribution in [0.15, 0.2) is 40.9 Å². The van der Waals surface area contributed by atoms with Gasteiger partial charge in [-0.1, -0.05) is 18.2 Å². The molecule has 1 aromatic carbocycles. The van der Waals surface area contributed by atoms with Crippen molar-refractivity contribution in [1.82, 2.24) is 15.3 Å². The number of hydrogen-bond donors (Lipinski definition) is 1. The molecular weight excluding hydrogens is 254 g/mol. The highest BCUT2D eigenvalue weighted by atomic mass is 16.5. The molecule has 0 saturated heterocycles. The summed E-state index contributed by atoms with van der Waals surface area (Å²) in [5.74, 6) is 1.44. The van der Waals surface area contributed by atoms with E-state index in [0.717, 1.165) is 16.9 Å². The average molecular weight is 269 g/mol. The van der Waals surface area contributed by atoms with E-state index in [4.69, 9.17) is 9.15 Å². The van der Waals surface area contributed by atoms with Gasteiger partial charge in [-0.3, -0.25) is 0 Å². The van der Waals surface area contributed by atoms with E-state index < -0.39 is 0 Å². The lowest BCUT2D eigenvalue weighted by Crippen LogP contribution is -2.04. The lowest BCUT2D eigenvalue weighted by molar-refractivity contribution is 0.416. The van der Waals surface area contributed by atoms with Gasteiger partial charge in [0.15, 0.2) is 11.2 Å². The van der Waals surface area contributed by atoms with Crippen LogP contribution in [0, 0.1) is 0 Å². The molecule has 3 aromatic rings. The summed E-state index contributed by atoms with van der Waals surface area (Å²) in [5, 5.41) is 3.01. The minimum absolute atomic E-state index is 0.584. The molecule has 2 heterocycles. The topological polar surface area (TPSA) is 60.2 Å². The zero-order chi connectivity index (χ0) is 13.9. The van der Waals surface area contributed by atoms with E-state index in [-0.39, 0.29) is 0 Å². The molecule has 1 N–H and O–H groups in total. The van der Waals surface area contributed by atoms with Gasteiger partial charge in [0, 0.05) is 17.3 Å². The summed E-state index contributed by atoms with van der Waals surface area (Å²) in [7, 11) is 3.51. The SMILES string of the molecule is CNCc1nc2ncc(-c3ccccc3OC)cc2o1. The van der Waals surface area contributed by atoms with Crippen LogP contribution in [0.4, 0.5) is 0 Å². The third-order valence-electron chi connectivity index (χ3n) is 3.04. The minimum Gasteiger partial charge on any atom is -0.496 e. The first-order valence-electron chi connectivity index (χ1n) is 6.35. The number of benzene rings is 1. The smallest absolute Gasteiger partial charge is 0.211 e. The number of hydrogen-bond acceptors (Lipinski definition) is 5. The van der Waals surface area contributed by atoms with Gasteiger partial charge in [-0.15, -0.1) is 0 Å². The maximum Gasteiger partial charge on any atom is 0.211 e. The zero-order valence-electron chi connectivity index (χ0n) is 11.4. The highest BCUT2D eigenvalue weighted by molar-refractivity contribution is 5.78. The van der Waals surface area contributed by atoms with Crippen molar-refractivity contribution in [2.75, 3.05) is 14.2 Å². The molecule has 2 aromatic heterocycles. The molecular formula is C15H15N3O2. The molecule has 3 rings (SSSR count). The number of para-hydroxylation sites is 1. The molecule has 0 amide bonds. The number of oxazole rings is 1. The normalized spacial score (nSPS) is 10.9. The molecule has 0 radical (unpaired) electrons. The molecule has 5 heteroatoms. The molecule has 0 atom stereocenters. The van der Waals surface area contributed by atoms with E-state index in [2.05, 4.69) is 15.3 Å². The highest BCUT2D eigenvalue weighted by Gasteiger charge is 2.10. The van der Waals surface area contributed by atoms with E-state index in [1.54, 1.807) is 13.3 Å². The number of nitrogens with zero attached hydrogens (tertiary/aromatic N) is 2. The number of nitrogens with one attached hydrogen (secondary N) is 1. The fraction of sp³-hybridized carbons (Fsp3) is 0.200. The number of fused-ring (bicyclic) bond motifs is 1. The summed E-state index contributed by atoms with van der Waals surface area (Å²) < 4.78 is 11.0. The van der Waals surface area contributed by atoms with Crippen LogP contribution in [0.1, 0.15) is 5.89 Å². The summed E-state index contributed by atoms with van der Waals surface area (Å²) in [6.07, 6.45) is 1.78. The van der Waals surface area contributed by atoms with Gasteiger partial charge in [0.25, 0.3) is 0 Å². The van der Waals surface area contributed by atoms with Crippen LogP contribution in [0.3, 0.4) is 0 Å². The van der Waals surface area contributed by atoms with Gasteiger partial charge in [0.2, 0.25) is 5.89 Å². The molecule has 0 saturated carbocycles. The molecule has 20 heavy (non-hydrogen) atoms. The predicted molar refractivity (Wildman–Crippen MR) is 76.6 cm³/mol. The van der Waals surface area contributed by atoms with Crippen molar-refractivity contribution in [3.63, 3.8) is 0 Å². The van der Waals surface area contributed by atoms with E-state index in [0.29, 0.717) is 23.7 Å². The van der Waals surface area contributed by atoms with Gasteiger partial charge in [-0.2, -0.15) is 4.98 Å². The summed E-state index contributed by atoms with van der Waals surface area (Å²) in [6, 6.07) is 9.76. The lowest BCUT2D eigenvalue weighted by Gasteiger charge is -2.07. The second-order valence-corrected chi connectivity index (χ2v) is 4.38. The Morgan fingerprint density at radius 2 is 2.15 bits per heavy atom. The van der Waals surface area contributed by atoms with Gasteiger partial charge in [-0.05, 0) is 19.2 Å². The third kappa shape index (κ3) is 2.23. The van der Waals surface area contributed by atoms with Crippen LogP contribution >= 0.6 is 0 Å². The first-order chi connectivity index (χ1) is 9.81. The Morgan fingerprint density at radius 1 is 1.30 bits per heavy atom. The summed E-state index contributed by atoms with van der Waals surface area (Å²) in [5.41, 5.74) is 3.23. The Balaban J connectivity index is 2.08. The molecule has 0 unspecified atom stereocenters. The monoisotopic (exact) mass is 269 g/mol.